The molecule has 4 aliphatic rings. The highest BCUT2D eigenvalue weighted by Crippen LogP contribution is 2.64. The van der Waals surface area contributed by atoms with Gasteiger partial charge in [-0.25, -0.2) is 0 Å². The van der Waals surface area contributed by atoms with E-state index in [1.807, 2.05) is 0 Å². The van der Waals surface area contributed by atoms with Crippen LogP contribution >= 0.6 is 24.8 Å². The summed E-state index contributed by atoms with van der Waals surface area (Å²) >= 11 is 0. The van der Waals surface area contributed by atoms with Gasteiger partial charge >= 0.3 is 5.97 Å². The highest BCUT2D eigenvalue weighted by atomic mass is 35.5. The minimum atomic E-state index is -0.294. The number of aromatic hydroxyl groups is 1. The Balaban J connectivity index is 0.00000136. The number of carbonyl (C=O) groups excluding carboxylic acids is 1. The molecule has 9 heteroatoms. The Morgan fingerprint density at radius 3 is 2.84 bits per heavy atom. The predicted octanol–water partition coefficient (Wildman–Crippen LogP) is 2.70. The van der Waals surface area contributed by atoms with Crippen LogP contribution in [0.3, 0.4) is 0 Å². The molecule has 2 fully saturated rings. The van der Waals surface area contributed by atoms with Crippen molar-refractivity contribution in [3.05, 3.63) is 23.3 Å². The van der Waals surface area contributed by atoms with Crippen molar-refractivity contribution in [2.24, 2.45) is 5.92 Å². The Hall–Kier alpha value is -1.25. The van der Waals surface area contributed by atoms with Crippen LogP contribution in [-0.2, 0) is 26.2 Å². The Morgan fingerprint density at radius 2 is 2.13 bits per heavy atom. The minimum Gasteiger partial charge on any atom is -0.504 e. The smallest absolute Gasteiger partial charge is 0.322 e. The number of ether oxygens (including phenoxy) is 2. The second kappa shape index (κ2) is 8.94. The summed E-state index contributed by atoms with van der Waals surface area (Å²) in [7, 11) is 3.83. The number of esters is 1. The van der Waals surface area contributed by atoms with Crippen LogP contribution in [-0.4, -0.2) is 73.1 Å². The number of hydroxylamine groups is 2. The molecule has 0 aromatic heterocycles. The monoisotopic (exact) mass is 474 g/mol. The Kier molecular flexibility index (Phi) is 7.04. The lowest BCUT2D eigenvalue weighted by atomic mass is 9.51. The van der Waals surface area contributed by atoms with Crippen molar-refractivity contribution in [3.8, 4) is 11.5 Å². The van der Waals surface area contributed by atoms with Crippen LogP contribution in [0.25, 0.3) is 0 Å². The second-order valence-corrected chi connectivity index (χ2v) is 8.84. The van der Waals surface area contributed by atoms with Gasteiger partial charge in [-0.3, -0.25) is 4.79 Å². The molecule has 2 aliphatic heterocycles. The van der Waals surface area contributed by atoms with Crippen molar-refractivity contribution in [1.82, 2.24) is 9.96 Å². The van der Waals surface area contributed by atoms with E-state index in [2.05, 4.69) is 18.0 Å². The van der Waals surface area contributed by atoms with E-state index in [0.29, 0.717) is 24.3 Å². The SMILES string of the molecule is CCOC(=O)CN(OC)[C@H]1CC[C@H]2[C@H]3Cc4ccc(O)c5c4[C@@]2(CCN3C)[C@H]1O5.Cl.Cl. The molecule has 1 aromatic carbocycles. The van der Waals surface area contributed by atoms with Crippen molar-refractivity contribution in [1.29, 1.82) is 0 Å². The largest absolute Gasteiger partial charge is 0.504 e. The van der Waals surface area contributed by atoms with Crippen molar-refractivity contribution < 1.29 is 24.2 Å². The van der Waals surface area contributed by atoms with Gasteiger partial charge in [0.15, 0.2) is 11.5 Å². The summed E-state index contributed by atoms with van der Waals surface area (Å²) in [5.74, 6) is 1.06. The molecule has 1 spiro atoms. The van der Waals surface area contributed by atoms with E-state index in [4.69, 9.17) is 14.3 Å². The van der Waals surface area contributed by atoms with Gasteiger partial charge in [-0.05, 0) is 63.7 Å². The number of nitrogens with zero attached hydrogens (tertiary/aromatic N) is 2. The van der Waals surface area contributed by atoms with Crippen LogP contribution in [0.15, 0.2) is 12.1 Å². The molecular weight excluding hydrogens is 443 g/mol. The van der Waals surface area contributed by atoms with E-state index in [1.54, 1.807) is 25.2 Å². The molecular formula is C22H32Cl2N2O5. The molecule has 1 N–H and O–H groups in total. The molecule has 5 atom stereocenters. The zero-order valence-corrected chi connectivity index (χ0v) is 19.8. The summed E-state index contributed by atoms with van der Waals surface area (Å²) in [6, 6.07) is 4.25. The minimum absolute atomic E-state index is 0. The normalized spacial score (nSPS) is 32.4. The number of phenols is 1. The highest BCUT2D eigenvalue weighted by Gasteiger charge is 2.66. The van der Waals surface area contributed by atoms with Crippen LogP contribution in [0.5, 0.6) is 11.5 Å². The fourth-order valence-electron chi connectivity index (χ4n) is 6.66. The summed E-state index contributed by atoms with van der Waals surface area (Å²) in [4.78, 5) is 20.3. The zero-order chi connectivity index (χ0) is 20.3. The van der Waals surface area contributed by atoms with Crippen LogP contribution in [0.4, 0.5) is 0 Å². The molecule has 0 unspecified atom stereocenters. The van der Waals surface area contributed by atoms with Crippen molar-refractivity contribution >= 4 is 30.8 Å². The summed E-state index contributed by atoms with van der Waals surface area (Å²) in [6.07, 6.45) is 3.79. The number of piperidine rings is 1. The molecule has 0 amide bonds. The molecule has 1 aromatic rings. The van der Waals surface area contributed by atoms with Gasteiger partial charge in [0.05, 0.1) is 19.8 Å². The third kappa shape index (κ3) is 3.40. The Morgan fingerprint density at radius 1 is 1.35 bits per heavy atom. The standard InChI is InChI=1S/C22H30N2O5.2ClH/c1-4-28-18(26)12-24(27-3)15-7-6-14-16-11-13-5-8-17(25)20-19(13)22(14,21(15)29-20)9-10-23(16)2;;/h5,8,14-16,21,25H,4,6-7,9-12H2,1-3H3;2*1H/t14-,15-,16+,21-,22-;;/m0../s1. The number of carbonyl (C=O) groups is 1. The van der Waals surface area contributed by atoms with Crippen molar-refractivity contribution in [3.63, 3.8) is 0 Å². The highest BCUT2D eigenvalue weighted by molar-refractivity contribution is 5.85. The average Bonchev–Trinajstić information content (AvgIpc) is 3.06. The van der Waals surface area contributed by atoms with Gasteiger partial charge in [-0.2, -0.15) is 5.06 Å². The second-order valence-electron chi connectivity index (χ2n) is 8.84. The van der Waals surface area contributed by atoms with Gasteiger partial charge < -0.3 is 24.3 Å². The summed E-state index contributed by atoms with van der Waals surface area (Å²) in [5.41, 5.74) is 2.38. The van der Waals surface area contributed by atoms with Crippen LogP contribution < -0.4 is 4.74 Å². The van der Waals surface area contributed by atoms with Gasteiger partial charge in [0.25, 0.3) is 0 Å². The number of halogens is 2. The average molecular weight is 475 g/mol. The van der Waals surface area contributed by atoms with Gasteiger partial charge in [0.1, 0.15) is 12.6 Å². The summed E-state index contributed by atoms with van der Waals surface area (Å²) in [5, 5.41) is 12.3. The van der Waals surface area contributed by atoms with Gasteiger partial charge in [0, 0.05) is 17.0 Å². The molecule has 2 bridgehead atoms. The number of hydrogen-bond donors (Lipinski definition) is 1. The number of likely N-dealkylation sites (tertiary alicyclic amines) is 1. The number of phenolic OH excluding ortho intramolecular Hbond substituents is 1. The first kappa shape index (κ1) is 24.4. The maximum atomic E-state index is 12.2. The summed E-state index contributed by atoms with van der Waals surface area (Å²) in [6.45, 7) is 3.24. The predicted molar refractivity (Wildman–Crippen MR) is 120 cm³/mol. The Bertz CT molecular complexity index is 840. The van der Waals surface area contributed by atoms with Gasteiger partial charge in [0.2, 0.25) is 0 Å². The lowest BCUT2D eigenvalue weighted by molar-refractivity contribution is -0.213. The maximum absolute atomic E-state index is 12.2. The van der Waals surface area contributed by atoms with Crippen LogP contribution in [0, 0.1) is 5.92 Å². The number of benzene rings is 1. The topological polar surface area (TPSA) is 71.5 Å². The first-order valence-electron chi connectivity index (χ1n) is 10.7. The van der Waals surface area contributed by atoms with E-state index < -0.39 is 0 Å². The van der Waals surface area contributed by atoms with E-state index in [-0.39, 0.29) is 60.6 Å². The fourth-order valence-corrected chi connectivity index (χ4v) is 6.66. The molecule has 174 valence electrons. The number of hydrogen-bond acceptors (Lipinski definition) is 7. The molecule has 7 nitrogen and oxygen atoms in total. The molecule has 1 saturated carbocycles. The number of likely N-dealkylation sites (N-methyl/N-ethyl adjacent to an activating group) is 1. The van der Waals surface area contributed by atoms with Crippen LogP contribution in [0.2, 0.25) is 0 Å². The fraction of sp³-hybridized carbons (Fsp3) is 0.682. The third-order valence-electron chi connectivity index (χ3n) is 7.76. The molecule has 0 radical (unpaired) electrons. The van der Waals surface area contributed by atoms with E-state index in [9.17, 15) is 9.90 Å². The zero-order valence-electron chi connectivity index (χ0n) is 18.2. The van der Waals surface area contributed by atoms with Gasteiger partial charge in [-0.15, -0.1) is 24.8 Å². The molecule has 5 rings (SSSR count). The number of rotatable bonds is 5. The van der Waals surface area contributed by atoms with E-state index in [1.165, 1.54) is 11.1 Å². The molecule has 2 aliphatic carbocycles. The molecule has 1 saturated heterocycles. The van der Waals surface area contributed by atoms with E-state index >= 15 is 0 Å². The lowest BCUT2D eigenvalue weighted by Gasteiger charge is -2.59. The van der Waals surface area contributed by atoms with E-state index in [0.717, 1.165) is 32.2 Å². The summed E-state index contributed by atoms with van der Waals surface area (Å²) < 4.78 is 11.7. The maximum Gasteiger partial charge on any atom is 0.322 e. The Labute approximate surface area is 195 Å². The lowest BCUT2D eigenvalue weighted by Crippen LogP contribution is -2.68. The van der Waals surface area contributed by atoms with Gasteiger partial charge in [-0.1, -0.05) is 6.07 Å². The first-order chi connectivity index (χ1) is 14.0. The quantitative estimate of drug-likeness (QED) is 0.519. The van der Waals surface area contributed by atoms with Crippen molar-refractivity contribution in [2.45, 2.75) is 56.2 Å². The van der Waals surface area contributed by atoms with Crippen LogP contribution in [0.1, 0.15) is 37.3 Å². The first-order valence-corrected chi connectivity index (χ1v) is 10.7. The molecule has 31 heavy (non-hydrogen) atoms. The third-order valence-corrected chi connectivity index (χ3v) is 7.76. The van der Waals surface area contributed by atoms with Crippen molar-refractivity contribution in [2.75, 3.05) is 33.9 Å². The molecule has 2 heterocycles.